The molecule has 4 N–H and O–H groups in total. The summed E-state index contributed by atoms with van der Waals surface area (Å²) in [6.45, 7) is 6.67. The van der Waals surface area contributed by atoms with Crippen LogP contribution in [0.4, 0.5) is 0 Å². The SMILES string of the molecule is NC(N)=NCCN1CCCN2CCCCC2C1. The molecule has 1 unspecified atom stereocenters. The van der Waals surface area contributed by atoms with Crippen molar-refractivity contribution in [3.63, 3.8) is 0 Å². The molecule has 5 nitrogen and oxygen atoms in total. The highest BCUT2D eigenvalue weighted by molar-refractivity contribution is 5.75. The minimum atomic E-state index is 0.208. The van der Waals surface area contributed by atoms with Crippen LogP contribution in [0.25, 0.3) is 0 Å². The molecular weight excluding hydrogens is 214 g/mol. The van der Waals surface area contributed by atoms with E-state index >= 15 is 0 Å². The highest BCUT2D eigenvalue weighted by Crippen LogP contribution is 2.20. The number of nitrogens with zero attached hydrogens (tertiary/aromatic N) is 3. The average molecular weight is 239 g/mol. The van der Waals surface area contributed by atoms with Crippen molar-refractivity contribution >= 4 is 5.96 Å². The van der Waals surface area contributed by atoms with Crippen molar-refractivity contribution in [2.45, 2.75) is 31.7 Å². The van der Waals surface area contributed by atoms with Crippen molar-refractivity contribution < 1.29 is 0 Å². The molecule has 0 aromatic heterocycles. The van der Waals surface area contributed by atoms with Crippen LogP contribution in [0.5, 0.6) is 0 Å². The van der Waals surface area contributed by atoms with E-state index in [-0.39, 0.29) is 5.96 Å². The van der Waals surface area contributed by atoms with Crippen molar-refractivity contribution in [2.75, 3.05) is 39.3 Å². The number of piperidine rings is 1. The zero-order valence-corrected chi connectivity index (χ0v) is 10.6. The van der Waals surface area contributed by atoms with Crippen molar-refractivity contribution in [3.8, 4) is 0 Å². The van der Waals surface area contributed by atoms with Gasteiger partial charge < -0.3 is 11.5 Å². The van der Waals surface area contributed by atoms with Gasteiger partial charge in [0.05, 0.1) is 6.54 Å². The first kappa shape index (κ1) is 12.6. The summed E-state index contributed by atoms with van der Waals surface area (Å²) < 4.78 is 0. The highest BCUT2D eigenvalue weighted by atomic mass is 15.2. The molecule has 0 spiro atoms. The van der Waals surface area contributed by atoms with Gasteiger partial charge in [0.1, 0.15) is 0 Å². The van der Waals surface area contributed by atoms with Crippen LogP contribution >= 0.6 is 0 Å². The van der Waals surface area contributed by atoms with Gasteiger partial charge in [-0.05, 0) is 38.9 Å². The van der Waals surface area contributed by atoms with Gasteiger partial charge in [-0.1, -0.05) is 6.42 Å². The van der Waals surface area contributed by atoms with Crippen LogP contribution in [-0.2, 0) is 0 Å². The number of guanidine groups is 1. The lowest BCUT2D eigenvalue weighted by atomic mass is 10.0. The molecule has 0 bridgehead atoms. The number of rotatable bonds is 3. The molecule has 0 aromatic carbocycles. The Labute approximate surface area is 104 Å². The Morgan fingerprint density at radius 1 is 1.12 bits per heavy atom. The zero-order chi connectivity index (χ0) is 12.1. The number of nitrogens with two attached hydrogens (primary N) is 2. The first-order valence-corrected chi connectivity index (χ1v) is 6.77. The number of hydrogen-bond acceptors (Lipinski definition) is 3. The minimum absolute atomic E-state index is 0.208. The van der Waals surface area contributed by atoms with Gasteiger partial charge in [-0.3, -0.25) is 14.8 Å². The molecule has 0 saturated carbocycles. The van der Waals surface area contributed by atoms with E-state index in [0.717, 1.165) is 19.1 Å². The van der Waals surface area contributed by atoms with Crippen LogP contribution in [0.1, 0.15) is 25.7 Å². The molecule has 2 aliphatic heterocycles. The first-order valence-electron chi connectivity index (χ1n) is 6.77. The number of hydrogen-bond donors (Lipinski definition) is 2. The molecule has 0 amide bonds. The molecule has 1 atom stereocenters. The highest BCUT2D eigenvalue weighted by Gasteiger charge is 2.26. The summed E-state index contributed by atoms with van der Waals surface area (Å²) in [5.41, 5.74) is 10.7. The van der Waals surface area contributed by atoms with Gasteiger partial charge in [-0.15, -0.1) is 0 Å². The predicted octanol–water partition coefficient (Wildman–Crippen LogP) is -0.180. The van der Waals surface area contributed by atoms with E-state index in [0.29, 0.717) is 0 Å². The largest absolute Gasteiger partial charge is 0.370 e. The van der Waals surface area contributed by atoms with E-state index in [1.165, 1.54) is 51.9 Å². The normalized spacial score (nSPS) is 27.2. The lowest BCUT2D eigenvalue weighted by Crippen LogP contribution is -2.44. The molecular formula is C12H25N5. The van der Waals surface area contributed by atoms with E-state index < -0.39 is 0 Å². The Bertz CT molecular complexity index is 262. The molecule has 5 heteroatoms. The smallest absolute Gasteiger partial charge is 0.185 e. The summed E-state index contributed by atoms with van der Waals surface area (Å²) in [7, 11) is 0. The van der Waals surface area contributed by atoms with Crippen LogP contribution in [0, 0.1) is 0 Å². The first-order chi connectivity index (χ1) is 8.25. The van der Waals surface area contributed by atoms with Gasteiger partial charge in [-0.2, -0.15) is 0 Å². The molecule has 0 radical (unpaired) electrons. The van der Waals surface area contributed by atoms with E-state index in [9.17, 15) is 0 Å². The third kappa shape index (κ3) is 3.85. The van der Waals surface area contributed by atoms with Gasteiger partial charge in [0.15, 0.2) is 5.96 Å². The van der Waals surface area contributed by atoms with E-state index in [1.54, 1.807) is 0 Å². The van der Waals surface area contributed by atoms with Gasteiger partial charge >= 0.3 is 0 Å². The Morgan fingerprint density at radius 3 is 2.76 bits per heavy atom. The third-order valence-electron chi connectivity index (χ3n) is 3.85. The maximum absolute atomic E-state index is 5.35. The lowest BCUT2D eigenvalue weighted by Gasteiger charge is -2.35. The summed E-state index contributed by atoms with van der Waals surface area (Å²) in [5.74, 6) is 0.208. The quantitative estimate of drug-likeness (QED) is 0.529. The van der Waals surface area contributed by atoms with Gasteiger partial charge in [0, 0.05) is 19.1 Å². The van der Waals surface area contributed by atoms with E-state index in [2.05, 4.69) is 14.8 Å². The Morgan fingerprint density at radius 2 is 1.94 bits per heavy atom. The van der Waals surface area contributed by atoms with Gasteiger partial charge in [0.2, 0.25) is 0 Å². The fraction of sp³-hybridized carbons (Fsp3) is 0.917. The molecule has 2 fully saturated rings. The summed E-state index contributed by atoms with van der Waals surface area (Å²) in [5, 5.41) is 0. The van der Waals surface area contributed by atoms with Crippen molar-refractivity contribution in [2.24, 2.45) is 16.5 Å². The third-order valence-corrected chi connectivity index (χ3v) is 3.85. The van der Waals surface area contributed by atoms with Crippen LogP contribution in [0.15, 0.2) is 4.99 Å². The topological polar surface area (TPSA) is 70.9 Å². The molecule has 0 aromatic rings. The fourth-order valence-corrected chi connectivity index (χ4v) is 2.97. The standard InChI is InChI=1S/C12H25N5/c13-12(14)15-5-9-16-6-3-8-17-7-2-1-4-11(17)10-16/h11H,1-10H2,(H4,13,14,15). The fourth-order valence-electron chi connectivity index (χ4n) is 2.97. The monoisotopic (exact) mass is 239 g/mol. The predicted molar refractivity (Wildman–Crippen MR) is 70.9 cm³/mol. The minimum Gasteiger partial charge on any atom is -0.370 e. The molecule has 2 saturated heterocycles. The molecule has 98 valence electrons. The summed E-state index contributed by atoms with van der Waals surface area (Å²) >= 11 is 0. The molecule has 2 heterocycles. The molecule has 17 heavy (non-hydrogen) atoms. The zero-order valence-electron chi connectivity index (χ0n) is 10.6. The number of fused-ring (bicyclic) bond motifs is 1. The summed E-state index contributed by atoms with van der Waals surface area (Å²) in [4.78, 5) is 9.26. The van der Waals surface area contributed by atoms with Crippen molar-refractivity contribution in [1.29, 1.82) is 0 Å². The average Bonchev–Trinajstić information content (AvgIpc) is 2.50. The second kappa shape index (κ2) is 6.21. The molecule has 2 aliphatic rings. The maximum Gasteiger partial charge on any atom is 0.185 e. The van der Waals surface area contributed by atoms with Crippen LogP contribution < -0.4 is 11.5 Å². The maximum atomic E-state index is 5.35. The molecule has 2 rings (SSSR count). The Kier molecular flexibility index (Phi) is 4.62. The summed E-state index contributed by atoms with van der Waals surface area (Å²) in [6, 6.07) is 0.769. The van der Waals surface area contributed by atoms with Crippen LogP contribution in [0.3, 0.4) is 0 Å². The van der Waals surface area contributed by atoms with Gasteiger partial charge in [0.25, 0.3) is 0 Å². The number of aliphatic imine (C=N–C) groups is 1. The van der Waals surface area contributed by atoms with Crippen LogP contribution in [-0.4, -0.2) is 61.1 Å². The Hall–Kier alpha value is -0.810. The van der Waals surface area contributed by atoms with Gasteiger partial charge in [-0.25, -0.2) is 0 Å². The Balaban J connectivity index is 1.81. The second-order valence-corrected chi connectivity index (χ2v) is 5.15. The lowest BCUT2D eigenvalue weighted by molar-refractivity contribution is 0.138. The molecule has 0 aliphatic carbocycles. The second-order valence-electron chi connectivity index (χ2n) is 5.15. The van der Waals surface area contributed by atoms with Crippen molar-refractivity contribution in [3.05, 3.63) is 0 Å². The van der Waals surface area contributed by atoms with E-state index in [4.69, 9.17) is 11.5 Å². The van der Waals surface area contributed by atoms with E-state index in [1.807, 2.05) is 0 Å². The van der Waals surface area contributed by atoms with Crippen LogP contribution in [0.2, 0.25) is 0 Å². The van der Waals surface area contributed by atoms with Crippen molar-refractivity contribution in [1.82, 2.24) is 9.80 Å². The summed E-state index contributed by atoms with van der Waals surface area (Å²) in [6.07, 6.45) is 5.41.